The van der Waals surface area contributed by atoms with E-state index < -0.39 is 12.0 Å². The van der Waals surface area contributed by atoms with Gasteiger partial charge < -0.3 is 21.5 Å². The summed E-state index contributed by atoms with van der Waals surface area (Å²) in [7, 11) is 0. The molecule has 2 aromatic rings. The fourth-order valence-corrected chi connectivity index (χ4v) is 1.65. The first-order valence-corrected chi connectivity index (χ1v) is 6.14. The maximum absolute atomic E-state index is 11.8. The first kappa shape index (κ1) is 14.3. The molecular formula is C14H14N4O3. The monoisotopic (exact) mass is 286 g/mol. The Labute approximate surface area is 120 Å². The van der Waals surface area contributed by atoms with E-state index in [4.69, 9.17) is 10.8 Å². The van der Waals surface area contributed by atoms with Gasteiger partial charge in [-0.2, -0.15) is 0 Å². The number of amides is 2. The number of rotatable bonds is 4. The van der Waals surface area contributed by atoms with E-state index in [0.29, 0.717) is 22.8 Å². The van der Waals surface area contributed by atoms with Gasteiger partial charge in [0, 0.05) is 0 Å². The van der Waals surface area contributed by atoms with Crippen molar-refractivity contribution < 1.29 is 14.7 Å². The number of hydrogen-bond acceptors (Lipinski definition) is 4. The molecule has 0 aliphatic rings. The second-order valence-electron chi connectivity index (χ2n) is 4.28. The number of carboxylic acid groups (broad SMARTS) is 1. The lowest BCUT2D eigenvalue weighted by Crippen LogP contribution is -2.20. The molecule has 7 heteroatoms. The number of hydrogen-bond donors (Lipinski definition) is 4. The molecule has 1 aromatic carbocycles. The van der Waals surface area contributed by atoms with Crippen molar-refractivity contribution in [2.24, 2.45) is 0 Å². The Bertz CT molecular complexity index is 656. The van der Waals surface area contributed by atoms with Gasteiger partial charge in [-0.3, -0.25) is 9.78 Å². The minimum atomic E-state index is -0.958. The average molecular weight is 286 g/mol. The Morgan fingerprint density at radius 1 is 1.14 bits per heavy atom. The average Bonchev–Trinajstić information content (AvgIpc) is 2.43. The maximum atomic E-state index is 11.8. The molecule has 108 valence electrons. The maximum Gasteiger partial charge on any atom is 0.323 e. The molecule has 0 radical (unpaired) electrons. The Kier molecular flexibility index (Phi) is 4.35. The van der Waals surface area contributed by atoms with Gasteiger partial charge in [-0.1, -0.05) is 12.1 Å². The van der Waals surface area contributed by atoms with Gasteiger partial charge >= 0.3 is 12.0 Å². The highest BCUT2D eigenvalue weighted by atomic mass is 16.4. The number of para-hydroxylation sites is 2. The highest BCUT2D eigenvalue weighted by molar-refractivity contribution is 6.01. The zero-order valence-corrected chi connectivity index (χ0v) is 11.0. The van der Waals surface area contributed by atoms with Gasteiger partial charge in [0.2, 0.25) is 0 Å². The fourth-order valence-electron chi connectivity index (χ4n) is 1.65. The van der Waals surface area contributed by atoms with Crippen LogP contribution in [0.25, 0.3) is 0 Å². The van der Waals surface area contributed by atoms with Crippen LogP contribution in [0.1, 0.15) is 5.69 Å². The molecule has 0 aliphatic carbocycles. The summed E-state index contributed by atoms with van der Waals surface area (Å²) < 4.78 is 0. The molecule has 0 bridgehead atoms. The van der Waals surface area contributed by atoms with Gasteiger partial charge in [0.25, 0.3) is 0 Å². The number of anilines is 3. The predicted octanol–water partition coefficient (Wildman–Crippen LogP) is 1.93. The lowest BCUT2D eigenvalue weighted by atomic mass is 10.2. The number of urea groups is 1. The number of carbonyl (C=O) groups is 2. The van der Waals surface area contributed by atoms with Crippen molar-refractivity contribution in [3.05, 3.63) is 48.3 Å². The minimum Gasteiger partial charge on any atom is -0.481 e. The number of carboxylic acids is 1. The van der Waals surface area contributed by atoms with E-state index in [9.17, 15) is 9.59 Å². The Hall–Kier alpha value is -3.09. The van der Waals surface area contributed by atoms with Crippen LogP contribution in [0.4, 0.5) is 21.9 Å². The third-order valence-corrected chi connectivity index (χ3v) is 2.62. The predicted molar refractivity (Wildman–Crippen MR) is 79.1 cm³/mol. The summed E-state index contributed by atoms with van der Waals surface area (Å²) in [5, 5.41) is 13.8. The lowest BCUT2D eigenvalue weighted by Gasteiger charge is -2.09. The van der Waals surface area contributed by atoms with Crippen molar-refractivity contribution in [3.63, 3.8) is 0 Å². The summed E-state index contributed by atoms with van der Waals surface area (Å²) in [6.45, 7) is 0. The van der Waals surface area contributed by atoms with Gasteiger partial charge in [-0.25, -0.2) is 4.79 Å². The Balaban J connectivity index is 1.96. The number of nitrogens with zero attached hydrogens (tertiary/aromatic N) is 1. The van der Waals surface area contributed by atoms with E-state index in [0.717, 1.165) is 0 Å². The quantitative estimate of drug-likeness (QED) is 0.641. The van der Waals surface area contributed by atoms with Gasteiger partial charge in [0.05, 0.1) is 35.4 Å². The van der Waals surface area contributed by atoms with Crippen molar-refractivity contribution in [2.45, 2.75) is 6.42 Å². The summed E-state index contributed by atoms with van der Waals surface area (Å²) in [6, 6.07) is 9.55. The molecule has 0 spiro atoms. The number of nitrogen functional groups attached to an aromatic ring is 1. The smallest absolute Gasteiger partial charge is 0.323 e. The van der Waals surface area contributed by atoms with Crippen LogP contribution in [0.3, 0.4) is 0 Å². The molecule has 0 fully saturated rings. The highest BCUT2D eigenvalue weighted by Crippen LogP contribution is 2.17. The molecule has 5 N–H and O–H groups in total. The molecule has 0 unspecified atom stereocenters. The fraction of sp³-hybridized carbons (Fsp3) is 0.0714. The molecular weight excluding hydrogens is 272 g/mol. The van der Waals surface area contributed by atoms with Crippen molar-refractivity contribution in [1.82, 2.24) is 4.98 Å². The van der Waals surface area contributed by atoms with E-state index in [2.05, 4.69) is 15.6 Å². The molecule has 1 aromatic heterocycles. The summed E-state index contributed by atoms with van der Waals surface area (Å²) in [5.41, 5.74) is 7.56. The highest BCUT2D eigenvalue weighted by Gasteiger charge is 2.06. The zero-order chi connectivity index (χ0) is 15.2. The van der Waals surface area contributed by atoms with Gasteiger partial charge in [-0.15, -0.1) is 0 Å². The largest absolute Gasteiger partial charge is 0.481 e. The minimum absolute atomic E-state index is 0.160. The number of pyridine rings is 1. The molecule has 0 saturated heterocycles. The molecule has 2 rings (SSSR count). The molecule has 0 atom stereocenters. The van der Waals surface area contributed by atoms with Gasteiger partial charge in [0.15, 0.2) is 0 Å². The van der Waals surface area contributed by atoms with Crippen molar-refractivity contribution in [1.29, 1.82) is 0 Å². The number of nitrogens with one attached hydrogen (secondary N) is 2. The van der Waals surface area contributed by atoms with Crippen LogP contribution in [-0.4, -0.2) is 22.1 Å². The van der Waals surface area contributed by atoms with Crippen molar-refractivity contribution in [2.75, 3.05) is 16.4 Å². The third-order valence-electron chi connectivity index (χ3n) is 2.62. The van der Waals surface area contributed by atoms with Crippen LogP contribution in [0.5, 0.6) is 0 Å². The van der Waals surface area contributed by atoms with Crippen LogP contribution < -0.4 is 16.4 Å². The number of carbonyl (C=O) groups excluding carboxylic acids is 1. The van der Waals surface area contributed by atoms with Crippen LogP contribution in [-0.2, 0) is 11.2 Å². The topological polar surface area (TPSA) is 117 Å². The first-order chi connectivity index (χ1) is 10.0. The van der Waals surface area contributed by atoms with Gasteiger partial charge in [0.1, 0.15) is 0 Å². The summed E-state index contributed by atoms with van der Waals surface area (Å²) in [6.07, 6.45) is 1.24. The van der Waals surface area contributed by atoms with Gasteiger partial charge in [-0.05, 0) is 24.3 Å². The summed E-state index contributed by atoms with van der Waals surface area (Å²) in [5.74, 6) is -0.958. The number of benzene rings is 1. The summed E-state index contributed by atoms with van der Waals surface area (Å²) >= 11 is 0. The Morgan fingerprint density at radius 2 is 1.90 bits per heavy atom. The van der Waals surface area contributed by atoms with Crippen LogP contribution >= 0.6 is 0 Å². The normalized spacial score (nSPS) is 9.90. The standard InChI is InChI=1S/C14H14N4O3/c15-11-3-1-2-4-12(11)18-14(21)17-10-6-5-9(16-8-10)7-13(19)20/h1-6,8H,7,15H2,(H,19,20)(H2,17,18,21). The number of aromatic nitrogens is 1. The second kappa shape index (κ2) is 6.38. The second-order valence-corrected chi connectivity index (χ2v) is 4.28. The van der Waals surface area contributed by atoms with Crippen molar-refractivity contribution >= 4 is 29.1 Å². The van der Waals surface area contributed by atoms with Crippen molar-refractivity contribution in [3.8, 4) is 0 Å². The first-order valence-electron chi connectivity index (χ1n) is 6.14. The van der Waals surface area contributed by atoms with Crippen LogP contribution in [0.2, 0.25) is 0 Å². The molecule has 1 heterocycles. The van der Waals surface area contributed by atoms with E-state index in [-0.39, 0.29) is 6.42 Å². The zero-order valence-electron chi connectivity index (χ0n) is 11.0. The molecule has 21 heavy (non-hydrogen) atoms. The molecule has 0 aliphatic heterocycles. The molecule has 2 amide bonds. The Morgan fingerprint density at radius 3 is 2.52 bits per heavy atom. The third kappa shape index (κ3) is 4.20. The van der Waals surface area contributed by atoms with E-state index >= 15 is 0 Å². The molecule has 0 saturated carbocycles. The SMILES string of the molecule is Nc1ccccc1NC(=O)Nc1ccc(CC(=O)O)nc1. The lowest BCUT2D eigenvalue weighted by molar-refractivity contribution is -0.136. The van der Waals surface area contributed by atoms with E-state index in [1.807, 2.05) is 0 Å². The molecule has 7 nitrogen and oxygen atoms in total. The summed E-state index contributed by atoms with van der Waals surface area (Å²) in [4.78, 5) is 26.3. The van der Waals surface area contributed by atoms with Crippen LogP contribution in [0.15, 0.2) is 42.6 Å². The van der Waals surface area contributed by atoms with E-state index in [1.54, 1.807) is 36.4 Å². The number of aliphatic carboxylic acids is 1. The van der Waals surface area contributed by atoms with E-state index in [1.165, 1.54) is 6.20 Å². The van der Waals surface area contributed by atoms with Crippen LogP contribution in [0, 0.1) is 0 Å². The number of nitrogens with two attached hydrogens (primary N) is 1.